The Morgan fingerprint density at radius 3 is 2.69 bits per heavy atom. The summed E-state index contributed by atoms with van der Waals surface area (Å²) in [4.78, 5) is 14.1. The second-order valence-corrected chi connectivity index (χ2v) is 7.51. The average molecular weight is 352 g/mol. The van der Waals surface area contributed by atoms with E-state index in [1.165, 1.54) is 11.1 Å². The van der Waals surface area contributed by atoms with Gasteiger partial charge in [0.15, 0.2) is 0 Å². The van der Waals surface area contributed by atoms with Crippen LogP contribution in [0.1, 0.15) is 29.2 Å². The van der Waals surface area contributed by atoms with Crippen molar-refractivity contribution in [3.63, 3.8) is 0 Å². The third kappa shape index (κ3) is 2.93. The van der Waals surface area contributed by atoms with Crippen molar-refractivity contribution in [2.24, 2.45) is 0 Å². The van der Waals surface area contributed by atoms with Crippen LogP contribution in [0, 0.1) is 0 Å². The Labute approximate surface area is 153 Å². The predicted octanol–water partition coefficient (Wildman–Crippen LogP) is 1.72. The number of aliphatic hydroxyl groups excluding tert-OH is 1. The summed E-state index contributed by atoms with van der Waals surface area (Å²) >= 11 is 0. The Morgan fingerprint density at radius 2 is 1.92 bits per heavy atom. The first-order chi connectivity index (χ1) is 12.8. The van der Waals surface area contributed by atoms with Gasteiger partial charge >= 0.3 is 0 Å². The first kappa shape index (κ1) is 16.0. The van der Waals surface area contributed by atoms with Gasteiger partial charge in [-0.2, -0.15) is 4.98 Å². The standard InChI is InChI=1S/C20H24N4O2/c25-17-11-24(12-17)20-21-18(16-6-8-26-13-16)9-19(22-20)23-7-5-14-3-1-2-4-15(14)10-23/h1-4,9,16-17,25H,5-8,10-13H2. The summed E-state index contributed by atoms with van der Waals surface area (Å²) in [5, 5.41) is 9.66. The molecule has 0 amide bonds. The molecule has 0 spiro atoms. The van der Waals surface area contributed by atoms with Gasteiger partial charge in [0.2, 0.25) is 5.95 Å². The van der Waals surface area contributed by atoms with Crippen LogP contribution < -0.4 is 9.80 Å². The van der Waals surface area contributed by atoms with Crippen molar-refractivity contribution in [3.8, 4) is 0 Å². The number of rotatable bonds is 3. The molecule has 4 heterocycles. The van der Waals surface area contributed by atoms with Gasteiger partial charge in [-0.1, -0.05) is 24.3 Å². The molecular weight excluding hydrogens is 328 g/mol. The third-order valence-corrected chi connectivity index (χ3v) is 5.67. The molecule has 2 aromatic rings. The van der Waals surface area contributed by atoms with Crippen molar-refractivity contribution < 1.29 is 9.84 Å². The molecule has 2 saturated heterocycles. The van der Waals surface area contributed by atoms with E-state index >= 15 is 0 Å². The number of anilines is 2. The largest absolute Gasteiger partial charge is 0.389 e. The van der Waals surface area contributed by atoms with Crippen molar-refractivity contribution in [2.75, 3.05) is 42.6 Å². The third-order valence-electron chi connectivity index (χ3n) is 5.67. The van der Waals surface area contributed by atoms with E-state index in [9.17, 15) is 5.11 Å². The molecule has 0 saturated carbocycles. The van der Waals surface area contributed by atoms with E-state index in [0.717, 1.165) is 56.6 Å². The highest BCUT2D eigenvalue weighted by molar-refractivity contribution is 5.50. The Kier molecular flexibility index (Phi) is 4.02. The maximum absolute atomic E-state index is 9.66. The molecule has 6 heteroatoms. The van der Waals surface area contributed by atoms with Crippen LogP contribution in [0.3, 0.4) is 0 Å². The van der Waals surface area contributed by atoms with Crippen LogP contribution in [0.25, 0.3) is 0 Å². The average Bonchev–Trinajstić information content (AvgIpc) is 3.19. The lowest BCUT2D eigenvalue weighted by Gasteiger charge is -2.37. The van der Waals surface area contributed by atoms with E-state index in [1.807, 2.05) is 0 Å². The molecule has 0 bridgehead atoms. The summed E-state index contributed by atoms with van der Waals surface area (Å²) in [5.74, 6) is 2.08. The maximum atomic E-state index is 9.66. The molecule has 1 aromatic heterocycles. The molecule has 1 aromatic carbocycles. The molecule has 1 N–H and O–H groups in total. The van der Waals surface area contributed by atoms with Crippen LogP contribution in [0.15, 0.2) is 30.3 Å². The number of aliphatic hydroxyl groups is 1. The molecule has 2 fully saturated rings. The van der Waals surface area contributed by atoms with Gasteiger partial charge in [0, 0.05) is 44.8 Å². The minimum absolute atomic E-state index is 0.262. The van der Waals surface area contributed by atoms with Gasteiger partial charge in [0.1, 0.15) is 5.82 Å². The molecular formula is C20H24N4O2. The smallest absolute Gasteiger partial charge is 0.227 e. The van der Waals surface area contributed by atoms with Crippen molar-refractivity contribution >= 4 is 11.8 Å². The summed E-state index contributed by atoms with van der Waals surface area (Å²) in [6.45, 7) is 4.63. The molecule has 0 radical (unpaired) electrons. The zero-order chi connectivity index (χ0) is 17.5. The number of hydrogen-bond donors (Lipinski definition) is 1. The van der Waals surface area contributed by atoms with Crippen LogP contribution in [0.2, 0.25) is 0 Å². The van der Waals surface area contributed by atoms with Crippen LogP contribution in [-0.4, -0.2) is 54.0 Å². The Balaban J connectivity index is 1.47. The summed E-state index contributed by atoms with van der Waals surface area (Å²) in [6.07, 6.45) is 1.80. The molecule has 6 nitrogen and oxygen atoms in total. The lowest BCUT2D eigenvalue weighted by molar-refractivity contribution is 0.140. The second-order valence-electron chi connectivity index (χ2n) is 7.51. The molecule has 5 rings (SSSR count). The van der Waals surface area contributed by atoms with E-state index in [-0.39, 0.29) is 6.10 Å². The number of hydrogen-bond acceptors (Lipinski definition) is 6. The summed E-state index contributed by atoms with van der Waals surface area (Å²) in [6, 6.07) is 10.8. The van der Waals surface area contributed by atoms with Crippen LogP contribution in [-0.2, 0) is 17.7 Å². The van der Waals surface area contributed by atoms with Gasteiger partial charge in [0.25, 0.3) is 0 Å². The molecule has 26 heavy (non-hydrogen) atoms. The quantitative estimate of drug-likeness (QED) is 0.908. The fourth-order valence-electron chi connectivity index (χ4n) is 4.03. The SMILES string of the molecule is OC1CN(c2nc(C3CCOC3)cc(N3CCc4ccccc4C3)n2)C1. The van der Waals surface area contributed by atoms with Crippen LogP contribution >= 0.6 is 0 Å². The number of benzene rings is 1. The molecule has 136 valence electrons. The number of β-amino-alcohol motifs (C(OH)–C–C–N with tert-alkyl or cyclic N) is 1. The summed E-state index contributed by atoms with van der Waals surface area (Å²) in [5.41, 5.74) is 3.89. The van der Waals surface area contributed by atoms with E-state index in [0.29, 0.717) is 19.0 Å². The van der Waals surface area contributed by atoms with Crippen molar-refractivity contribution in [1.29, 1.82) is 0 Å². The summed E-state index contributed by atoms with van der Waals surface area (Å²) < 4.78 is 5.57. The maximum Gasteiger partial charge on any atom is 0.227 e. The fourth-order valence-corrected chi connectivity index (χ4v) is 4.03. The lowest BCUT2D eigenvalue weighted by atomic mass is 9.99. The van der Waals surface area contributed by atoms with Gasteiger partial charge < -0.3 is 19.6 Å². The fraction of sp³-hybridized carbons (Fsp3) is 0.500. The number of ether oxygens (including phenoxy) is 1. The molecule has 1 unspecified atom stereocenters. The number of fused-ring (bicyclic) bond motifs is 1. The first-order valence-corrected chi connectivity index (χ1v) is 9.48. The minimum Gasteiger partial charge on any atom is -0.389 e. The Bertz CT molecular complexity index is 800. The molecule has 1 atom stereocenters. The molecule has 3 aliphatic rings. The zero-order valence-corrected chi connectivity index (χ0v) is 14.8. The summed E-state index contributed by atoms with van der Waals surface area (Å²) in [7, 11) is 0. The van der Waals surface area contributed by atoms with Gasteiger partial charge in [0.05, 0.1) is 18.4 Å². The highest BCUT2D eigenvalue weighted by Crippen LogP contribution is 2.31. The number of nitrogens with zero attached hydrogens (tertiary/aromatic N) is 4. The van der Waals surface area contributed by atoms with Crippen LogP contribution in [0.5, 0.6) is 0 Å². The normalized spacial score (nSPS) is 23.0. The molecule has 3 aliphatic heterocycles. The zero-order valence-electron chi connectivity index (χ0n) is 14.8. The Hall–Kier alpha value is -2.18. The van der Waals surface area contributed by atoms with E-state index in [2.05, 4.69) is 40.1 Å². The van der Waals surface area contributed by atoms with Crippen molar-refractivity contribution in [3.05, 3.63) is 47.2 Å². The lowest BCUT2D eigenvalue weighted by Crippen LogP contribution is -2.51. The van der Waals surface area contributed by atoms with E-state index in [4.69, 9.17) is 14.7 Å². The van der Waals surface area contributed by atoms with Crippen LogP contribution in [0.4, 0.5) is 11.8 Å². The molecule has 0 aliphatic carbocycles. The number of aromatic nitrogens is 2. The second kappa shape index (κ2) is 6.52. The van der Waals surface area contributed by atoms with E-state index in [1.54, 1.807) is 0 Å². The topological polar surface area (TPSA) is 61.7 Å². The Morgan fingerprint density at radius 1 is 1.08 bits per heavy atom. The van der Waals surface area contributed by atoms with Gasteiger partial charge in [-0.05, 0) is 24.0 Å². The van der Waals surface area contributed by atoms with Gasteiger partial charge in [-0.15, -0.1) is 0 Å². The highest BCUT2D eigenvalue weighted by Gasteiger charge is 2.30. The van der Waals surface area contributed by atoms with Crippen molar-refractivity contribution in [2.45, 2.75) is 31.4 Å². The van der Waals surface area contributed by atoms with Crippen molar-refractivity contribution in [1.82, 2.24) is 9.97 Å². The van der Waals surface area contributed by atoms with E-state index < -0.39 is 0 Å². The minimum atomic E-state index is -0.262. The van der Waals surface area contributed by atoms with Gasteiger partial charge in [-0.25, -0.2) is 4.98 Å². The van der Waals surface area contributed by atoms with Gasteiger partial charge in [-0.3, -0.25) is 0 Å². The predicted molar refractivity (Wildman–Crippen MR) is 99.6 cm³/mol. The highest BCUT2D eigenvalue weighted by atomic mass is 16.5. The first-order valence-electron chi connectivity index (χ1n) is 9.48. The monoisotopic (exact) mass is 352 g/mol.